The zero-order chi connectivity index (χ0) is 25.4. The van der Waals surface area contributed by atoms with Crippen molar-refractivity contribution < 1.29 is 22.7 Å². The van der Waals surface area contributed by atoms with Crippen molar-refractivity contribution in [3.8, 4) is 17.7 Å². The first-order valence-electron chi connectivity index (χ1n) is 11.2. The molecule has 3 aromatic heterocycles. The van der Waals surface area contributed by atoms with Crippen molar-refractivity contribution in [3.63, 3.8) is 0 Å². The molecule has 0 radical (unpaired) electrons. The summed E-state index contributed by atoms with van der Waals surface area (Å²) in [4.78, 5) is 14.0. The van der Waals surface area contributed by atoms with E-state index >= 15 is 0 Å². The summed E-state index contributed by atoms with van der Waals surface area (Å²) in [6.07, 6.45) is 0.735. The molecule has 186 valence electrons. The maximum Gasteiger partial charge on any atom is 0.390 e. The van der Waals surface area contributed by atoms with Crippen molar-refractivity contribution in [2.45, 2.75) is 50.8 Å². The number of rotatable bonds is 4. The van der Waals surface area contributed by atoms with Crippen LogP contribution >= 0.6 is 0 Å². The Hall–Kier alpha value is -3.23. The molecule has 4 rings (SSSR count). The number of alkyl halides is 3. The van der Waals surface area contributed by atoms with Gasteiger partial charge in [0.1, 0.15) is 11.3 Å². The Labute approximate surface area is 200 Å². The summed E-state index contributed by atoms with van der Waals surface area (Å²) in [5.41, 5.74) is 6.39. The van der Waals surface area contributed by atoms with Crippen LogP contribution in [-0.4, -0.2) is 60.9 Å². The number of nitrogen functional groups attached to an aromatic ring is 1. The Bertz CT molecular complexity index is 1280. The molecule has 0 bridgehead atoms. The Morgan fingerprint density at radius 2 is 1.89 bits per heavy atom. The molecule has 0 saturated carbocycles. The Morgan fingerprint density at radius 1 is 1.17 bits per heavy atom. The normalized spacial score (nSPS) is 15.9. The molecule has 3 N–H and O–H groups in total. The Kier molecular flexibility index (Phi) is 6.71. The van der Waals surface area contributed by atoms with Crippen LogP contribution in [0.5, 0.6) is 0 Å². The third kappa shape index (κ3) is 6.07. The lowest BCUT2D eigenvalue weighted by atomic mass is 9.89. The summed E-state index contributed by atoms with van der Waals surface area (Å²) in [6.45, 7) is 4.16. The van der Waals surface area contributed by atoms with Crippen LogP contribution < -0.4 is 5.73 Å². The number of nitrogens with two attached hydrogens (primary N) is 1. The van der Waals surface area contributed by atoms with Gasteiger partial charge in [0.2, 0.25) is 5.95 Å². The predicted molar refractivity (Wildman–Crippen MR) is 123 cm³/mol. The number of halogens is 4. The van der Waals surface area contributed by atoms with Crippen LogP contribution in [0, 0.1) is 17.7 Å². The van der Waals surface area contributed by atoms with Gasteiger partial charge in [0.15, 0.2) is 11.6 Å². The summed E-state index contributed by atoms with van der Waals surface area (Å²) in [6, 6.07) is 1.69. The highest BCUT2D eigenvalue weighted by atomic mass is 19.4. The molecule has 0 aliphatic carbocycles. The van der Waals surface area contributed by atoms with Crippen molar-refractivity contribution in [2.75, 3.05) is 25.4 Å². The number of hydrogen-bond acceptors (Lipinski definition) is 6. The quantitative estimate of drug-likeness (QED) is 0.427. The molecule has 3 aromatic rings. The van der Waals surface area contributed by atoms with Crippen LogP contribution in [0.2, 0.25) is 0 Å². The average Bonchev–Trinajstić information content (AvgIpc) is 3.16. The maximum absolute atomic E-state index is 14.7. The summed E-state index contributed by atoms with van der Waals surface area (Å²) in [7, 11) is 0. The molecule has 1 aliphatic heterocycles. The van der Waals surface area contributed by atoms with Crippen molar-refractivity contribution in [1.29, 1.82) is 0 Å². The van der Waals surface area contributed by atoms with Crippen molar-refractivity contribution >= 4 is 16.9 Å². The highest BCUT2D eigenvalue weighted by molar-refractivity contribution is 5.86. The van der Waals surface area contributed by atoms with Crippen LogP contribution in [0.4, 0.5) is 23.5 Å². The third-order valence-corrected chi connectivity index (χ3v) is 5.93. The molecule has 0 spiro atoms. The molecule has 1 fully saturated rings. The standard InChI is InChI=1S/C24H26F4N6O/c1-23(2,35)6-3-16-11-20-17(12-30-16)18(14-34(20)21-19(25)13-31-22(29)32-21)15-4-8-33(9-5-15)10-7-24(26,27)28/h11-15,35H,4-5,7-10H2,1-2H3,(H2,29,31,32). The summed E-state index contributed by atoms with van der Waals surface area (Å²) < 4.78 is 54.1. The highest BCUT2D eigenvalue weighted by Gasteiger charge is 2.30. The molecule has 7 nitrogen and oxygen atoms in total. The number of piperidine rings is 1. The lowest BCUT2D eigenvalue weighted by molar-refractivity contribution is -0.138. The summed E-state index contributed by atoms with van der Waals surface area (Å²) in [5, 5.41) is 10.7. The molecule has 11 heteroatoms. The minimum absolute atomic E-state index is 0.0196. The highest BCUT2D eigenvalue weighted by Crippen LogP contribution is 2.36. The number of nitrogens with zero attached hydrogens (tertiary/aromatic N) is 5. The van der Waals surface area contributed by atoms with Gasteiger partial charge in [-0.15, -0.1) is 0 Å². The van der Waals surface area contributed by atoms with E-state index in [1.807, 2.05) is 4.90 Å². The second-order valence-corrected chi connectivity index (χ2v) is 9.23. The van der Waals surface area contributed by atoms with Gasteiger partial charge in [-0.2, -0.15) is 18.2 Å². The van der Waals surface area contributed by atoms with E-state index in [2.05, 4.69) is 26.8 Å². The van der Waals surface area contributed by atoms with E-state index in [1.165, 1.54) is 0 Å². The van der Waals surface area contributed by atoms with Crippen LogP contribution in [0.15, 0.2) is 24.7 Å². The Morgan fingerprint density at radius 3 is 2.54 bits per heavy atom. The van der Waals surface area contributed by atoms with Crippen molar-refractivity contribution in [2.24, 2.45) is 0 Å². The van der Waals surface area contributed by atoms with Gasteiger partial charge >= 0.3 is 6.18 Å². The van der Waals surface area contributed by atoms with E-state index in [0.29, 0.717) is 37.1 Å². The van der Waals surface area contributed by atoms with E-state index in [1.54, 1.807) is 36.9 Å². The molecule has 1 saturated heterocycles. The topological polar surface area (TPSA) is 93.1 Å². The van der Waals surface area contributed by atoms with Crippen LogP contribution in [-0.2, 0) is 0 Å². The lowest BCUT2D eigenvalue weighted by Gasteiger charge is -2.32. The summed E-state index contributed by atoms with van der Waals surface area (Å²) in [5.74, 6) is 4.82. The molecule has 4 heterocycles. The van der Waals surface area contributed by atoms with E-state index in [4.69, 9.17) is 5.73 Å². The van der Waals surface area contributed by atoms with Gasteiger partial charge in [0.25, 0.3) is 0 Å². The van der Waals surface area contributed by atoms with Gasteiger partial charge < -0.3 is 15.7 Å². The van der Waals surface area contributed by atoms with Gasteiger partial charge in [0.05, 0.1) is 18.1 Å². The fraction of sp³-hybridized carbons (Fsp3) is 0.458. The second-order valence-electron chi connectivity index (χ2n) is 9.23. The van der Waals surface area contributed by atoms with Crippen LogP contribution in [0.25, 0.3) is 16.7 Å². The summed E-state index contributed by atoms with van der Waals surface area (Å²) >= 11 is 0. The molecular formula is C24H26F4N6O. The number of aliphatic hydroxyl groups is 1. The fourth-order valence-electron chi connectivity index (χ4n) is 4.22. The van der Waals surface area contributed by atoms with Gasteiger partial charge in [-0.1, -0.05) is 5.92 Å². The van der Waals surface area contributed by atoms with E-state index in [9.17, 15) is 22.7 Å². The average molecular weight is 491 g/mol. The van der Waals surface area contributed by atoms with Gasteiger partial charge in [-0.3, -0.25) is 4.57 Å². The minimum atomic E-state index is -4.18. The molecule has 1 aliphatic rings. The zero-order valence-electron chi connectivity index (χ0n) is 19.4. The first-order valence-corrected chi connectivity index (χ1v) is 11.2. The van der Waals surface area contributed by atoms with E-state index < -0.39 is 24.0 Å². The van der Waals surface area contributed by atoms with Gasteiger partial charge in [-0.05, 0) is 63.2 Å². The van der Waals surface area contributed by atoms with Crippen LogP contribution in [0.3, 0.4) is 0 Å². The molecular weight excluding hydrogens is 464 g/mol. The second kappa shape index (κ2) is 9.43. The molecule has 0 unspecified atom stereocenters. The van der Waals surface area contributed by atoms with Crippen LogP contribution in [0.1, 0.15) is 50.3 Å². The number of likely N-dealkylation sites (tertiary alicyclic amines) is 1. The number of fused-ring (bicyclic) bond motifs is 1. The van der Waals surface area contributed by atoms with Crippen molar-refractivity contribution in [3.05, 3.63) is 41.7 Å². The smallest absolute Gasteiger partial charge is 0.378 e. The van der Waals surface area contributed by atoms with E-state index in [0.717, 1.165) is 17.1 Å². The maximum atomic E-state index is 14.7. The Balaban J connectivity index is 1.70. The zero-order valence-corrected chi connectivity index (χ0v) is 19.4. The number of aromatic nitrogens is 4. The first kappa shape index (κ1) is 24.9. The molecule has 0 aromatic carbocycles. The van der Waals surface area contributed by atoms with E-state index in [-0.39, 0.29) is 24.2 Å². The lowest BCUT2D eigenvalue weighted by Crippen LogP contribution is -2.35. The minimum Gasteiger partial charge on any atom is -0.378 e. The number of pyridine rings is 1. The molecule has 0 amide bonds. The molecule has 0 atom stereocenters. The number of anilines is 1. The SMILES string of the molecule is CC(C)(O)C#Cc1cc2c(cn1)c(C1CCN(CCC(F)(F)F)CC1)cn2-c1nc(N)ncc1F. The number of hydrogen-bond donors (Lipinski definition) is 2. The molecule has 35 heavy (non-hydrogen) atoms. The van der Waals surface area contributed by atoms with Crippen molar-refractivity contribution in [1.82, 2.24) is 24.4 Å². The van der Waals surface area contributed by atoms with Gasteiger partial charge in [0, 0.05) is 24.3 Å². The monoisotopic (exact) mass is 490 g/mol. The first-order chi connectivity index (χ1) is 16.4. The van der Waals surface area contributed by atoms with Gasteiger partial charge in [-0.25, -0.2) is 14.4 Å². The third-order valence-electron chi connectivity index (χ3n) is 5.93. The predicted octanol–water partition coefficient (Wildman–Crippen LogP) is 3.79. The fourth-order valence-corrected chi connectivity index (χ4v) is 4.22. The largest absolute Gasteiger partial charge is 0.390 e.